The number of aryl methyl sites for hydroxylation is 2. The van der Waals surface area contributed by atoms with E-state index < -0.39 is 21.7 Å². The van der Waals surface area contributed by atoms with Crippen molar-refractivity contribution in [2.45, 2.75) is 77.0 Å². The molecule has 330 valence electrons. The van der Waals surface area contributed by atoms with Crippen LogP contribution in [0.2, 0.25) is 5.02 Å². The number of carbonyl (C=O) groups excluding carboxylic acids is 2. The molecule has 0 radical (unpaired) electrons. The van der Waals surface area contributed by atoms with Gasteiger partial charge in [-0.05, 0) is 91.0 Å². The van der Waals surface area contributed by atoms with Gasteiger partial charge in [-0.2, -0.15) is 0 Å². The molecule has 5 aliphatic rings. The third-order valence-electron chi connectivity index (χ3n) is 13.8. The van der Waals surface area contributed by atoms with Crippen LogP contribution in [-0.2, 0) is 44.8 Å². The van der Waals surface area contributed by atoms with Crippen molar-refractivity contribution in [3.8, 4) is 5.75 Å². The molecule has 0 saturated carbocycles. The number of amides is 2. The summed E-state index contributed by atoms with van der Waals surface area (Å²) in [5, 5.41) is 0.735. The SMILES string of the molecule is CC[C@H]1[C@@H](OC)/C=C/C[C@H](C)CS(=O)(NC(=O)c2cc(CN3CCN4CCOC[C@@H]4C3)n(C)c2)=NC(=O)c2ccc3c(c2)N(C[C@@H]1C)C[C@@]1(CCCc2cc(Cl)ccc21)CO3. The standard InChI is InChI=1S/C47H63ClN6O6S/c1-6-40-33(3)24-54-30-47(16-8-10-34-21-37(48)13-14-41(34)47)31-60-44-15-12-35(23-42(44)54)45(55)49-61(57,29-32(2)9-7-11-43(40)58-5)50-46(56)36-22-38(51(4)25-36)26-52-17-18-53-19-20-59-28-39(53)27-52/h7,11-15,21-23,25,32-33,39-40,43H,6,8-10,16-20,24,26-31H2,1-5H3,(H,49,50,55,56,57)/b11-7+/t32-,33-,39-,40+,43-,47-,61?/m0/s1. The zero-order chi connectivity index (χ0) is 42.9. The highest BCUT2D eigenvalue weighted by Gasteiger charge is 2.43. The lowest BCUT2D eigenvalue weighted by Gasteiger charge is -2.43. The predicted molar refractivity (Wildman–Crippen MR) is 241 cm³/mol. The zero-order valence-corrected chi connectivity index (χ0v) is 38.0. The summed E-state index contributed by atoms with van der Waals surface area (Å²) < 4.78 is 42.7. The molecule has 1 spiro atoms. The largest absolute Gasteiger partial charge is 0.490 e. The lowest BCUT2D eigenvalue weighted by molar-refractivity contribution is -0.0464. The molecule has 2 saturated heterocycles. The van der Waals surface area contributed by atoms with E-state index in [1.54, 1.807) is 19.4 Å². The smallest absolute Gasteiger partial charge is 0.286 e. The van der Waals surface area contributed by atoms with E-state index in [-0.39, 0.29) is 35.0 Å². The average Bonchev–Trinajstić information content (AvgIpc) is 3.53. The molecule has 2 aromatic carbocycles. The second-order valence-corrected chi connectivity index (χ2v) is 20.7. The molecule has 1 aliphatic carbocycles. The van der Waals surface area contributed by atoms with Gasteiger partial charge in [-0.3, -0.25) is 24.1 Å². The summed E-state index contributed by atoms with van der Waals surface area (Å²) in [6.07, 6.45) is 10.3. The number of morpholine rings is 1. The molecule has 1 unspecified atom stereocenters. The van der Waals surface area contributed by atoms with Crippen molar-refractivity contribution in [3.63, 3.8) is 0 Å². The Morgan fingerprint density at radius 3 is 2.79 bits per heavy atom. The van der Waals surface area contributed by atoms with Gasteiger partial charge in [0.1, 0.15) is 15.7 Å². The van der Waals surface area contributed by atoms with Crippen LogP contribution < -0.4 is 14.4 Å². The molecular formula is C47H63ClN6O6S. The summed E-state index contributed by atoms with van der Waals surface area (Å²) in [4.78, 5) is 35.6. The highest BCUT2D eigenvalue weighted by atomic mass is 35.5. The minimum absolute atomic E-state index is 0.000369. The summed E-state index contributed by atoms with van der Waals surface area (Å²) in [7, 11) is 0.104. The Hall–Kier alpha value is -3.72. The minimum Gasteiger partial charge on any atom is -0.490 e. The first kappa shape index (κ1) is 43.9. The van der Waals surface area contributed by atoms with Gasteiger partial charge in [0.15, 0.2) is 0 Å². The lowest BCUT2D eigenvalue weighted by atomic mass is 9.70. The Morgan fingerprint density at radius 2 is 1.97 bits per heavy atom. The maximum atomic E-state index is 15.0. The molecule has 5 heterocycles. The summed E-state index contributed by atoms with van der Waals surface area (Å²) in [5.74, 6) is -0.221. The number of ether oxygens (including phenoxy) is 3. The molecule has 2 amide bonds. The van der Waals surface area contributed by atoms with E-state index in [4.69, 9.17) is 25.8 Å². The fourth-order valence-corrected chi connectivity index (χ4v) is 12.6. The van der Waals surface area contributed by atoms with Crippen molar-refractivity contribution in [1.29, 1.82) is 0 Å². The van der Waals surface area contributed by atoms with Crippen LogP contribution in [0, 0.1) is 17.8 Å². The Bertz CT molecular complexity index is 2250. The zero-order valence-electron chi connectivity index (χ0n) is 36.4. The first-order valence-electron chi connectivity index (χ1n) is 22.2. The predicted octanol–water partition coefficient (Wildman–Crippen LogP) is 6.89. The second kappa shape index (κ2) is 18.6. The van der Waals surface area contributed by atoms with Crippen LogP contribution in [-0.4, -0.2) is 114 Å². The number of benzene rings is 2. The number of hydrogen-bond acceptors (Lipinski definition) is 9. The van der Waals surface area contributed by atoms with E-state index in [1.165, 1.54) is 11.1 Å². The fourth-order valence-electron chi connectivity index (χ4n) is 10.6. The van der Waals surface area contributed by atoms with Crippen molar-refractivity contribution in [2.75, 3.05) is 76.9 Å². The monoisotopic (exact) mass is 874 g/mol. The first-order valence-corrected chi connectivity index (χ1v) is 24.2. The Morgan fingerprint density at radius 1 is 1.11 bits per heavy atom. The first-order chi connectivity index (χ1) is 29.4. The third kappa shape index (κ3) is 9.62. The Balaban J connectivity index is 1.11. The van der Waals surface area contributed by atoms with E-state index in [0.717, 1.165) is 81.5 Å². The van der Waals surface area contributed by atoms with Gasteiger partial charge in [-0.15, -0.1) is 4.36 Å². The molecule has 8 rings (SSSR count). The number of aromatic nitrogens is 1. The molecule has 2 bridgehead atoms. The number of carbonyl (C=O) groups is 2. The number of halogens is 1. The van der Waals surface area contributed by atoms with E-state index in [0.29, 0.717) is 55.6 Å². The number of allylic oxidation sites excluding steroid dienone is 1. The number of methoxy groups -OCH3 is 1. The number of anilines is 1. The van der Waals surface area contributed by atoms with Gasteiger partial charge in [0.2, 0.25) is 0 Å². The van der Waals surface area contributed by atoms with E-state index in [9.17, 15) is 13.8 Å². The summed E-state index contributed by atoms with van der Waals surface area (Å²) in [6.45, 7) is 14.3. The Kier molecular flexibility index (Phi) is 13.4. The number of rotatable bonds is 6. The van der Waals surface area contributed by atoms with E-state index >= 15 is 0 Å². The van der Waals surface area contributed by atoms with Crippen LogP contribution in [0.15, 0.2) is 65.2 Å². The van der Waals surface area contributed by atoms with Crippen molar-refractivity contribution in [3.05, 3.63) is 93.8 Å². The summed E-state index contributed by atoms with van der Waals surface area (Å²) in [5.41, 5.74) is 4.67. The third-order valence-corrected chi connectivity index (χ3v) is 16.0. The Labute approximate surface area is 367 Å². The van der Waals surface area contributed by atoms with Gasteiger partial charge in [0.05, 0.1) is 42.9 Å². The molecule has 61 heavy (non-hydrogen) atoms. The molecule has 7 atom stereocenters. The summed E-state index contributed by atoms with van der Waals surface area (Å²) in [6, 6.07) is 13.9. The molecule has 3 aromatic rings. The van der Waals surface area contributed by atoms with Crippen LogP contribution in [0.25, 0.3) is 0 Å². The van der Waals surface area contributed by atoms with Crippen LogP contribution in [0.5, 0.6) is 5.75 Å². The second-order valence-electron chi connectivity index (χ2n) is 18.3. The highest BCUT2D eigenvalue weighted by molar-refractivity contribution is 7.92. The number of fused-ring (bicyclic) bond motifs is 4. The quantitative estimate of drug-likeness (QED) is 0.264. The maximum absolute atomic E-state index is 15.0. The molecule has 1 aromatic heterocycles. The van der Waals surface area contributed by atoms with Crippen LogP contribution >= 0.6 is 11.6 Å². The molecule has 14 heteroatoms. The minimum atomic E-state index is -3.58. The maximum Gasteiger partial charge on any atom is 0.286 e. The van der Waals surface area contributed by atoms with Crippen molar-refractivity contribution in [1.82, 2.24) is 19.1 Å². The normalized spacial score (nSPS) is 30.7. The van der Waals surface area contributed by atoms with Gasteiger partial charge in [0.25, 0.3) is 11.8 Å². The van der Waals surface area contributed by atoms with Crippen molar-refractivity contribution in [2.24, 2.45) is 29.2 Å². The van der Waals surface area contributed by atoms with Crippen molar-refractivity contribution < 1.29 is 28.0 Å². The topological polar surface area (TPSA) is 118 Å². The summed E-state index contributed by atoms with van der Waals surface area (Å²) >= 11 is 6.51. The molecule has 4 aliphatic heterocycles. The van der Waals surface area contributed by atoms with Gasteiger partial charge in [0, 0.05) is 93.9 Å². The molecule has 2 fully saturated rings. The average molecular weight is 876 g/mol. The van der Waals surface area contributed by atoms with Crippen LogP contribution in [0.4, 0.5) is 5.69 Å². The number of piperazine rings is 1. The van der Waals surface area contributed by atoms with Gasteiger partial charge in [-0.25, -0.2) is 4.21 Å². The van der Waals surface area contributed by atoms with Crippen LogP contribution in [0.1, 0.15) is 84.0 Å². The highest BCUT2D eigenvalue weighted by Crippen LogP contribution is 2.45. The van der Waals surface area contributed by atoms with Crippen molar-refractivity contribution >= 4 is 39.0 Å². The van der Waals surface area contributed by atoms with Gasteiger partial charge >= 0.3 is 0 Å². The fraction of sp³-hybridized carbons (Fsp3) is 0.574. The van der Waals surface area contributed by atoms with E-state index in [1.807, 2.05) is 42.8 Å². The van der Waals surface area contributed by atoms with E-state index in [2.05, 4.69) is 61.9 Å². The molecule has 12 nitrogen and oxygen atoms in total. The van der Waals surface area contributed by atoms with Gasteiger partial charge < -0.3 is 23.7 Å². The number of nitrogens with zero attached hydrogens (tertiary/aromatic N) is 5. The number of hydrogen-bond donors (Lipinski definition) is 1. The van der Waals surface area contributed by atoms with Crippen LogP contribution in [0.3, 0.4) is 0 Å². The lowest BCUT2D eigenvalue weighted by Crippen LogP contribution is -2.57. The molecule has 1 N–H and O–H groups in total. The number of nitrogens with one attached hydrogen (secondary N) is 1. The molecular weight excluding hydrogens is 812 g/mol. The van der Waals surface area contributed by atoms with Gasteiger partial charge in [-0.1, -0.05) is 57.0 Å².